The largest absolute Gasteiger partial charge is 0.479 e. The first-order valence-electron chi connectivity index (χ1n) is 28.5. The number of ether oxygens (including phenoxy) is 5. The van der Waals surface area contributed by atoms with Crippen LogP contribution in [0.15, 0.2) is 158 Å². The Kier molecular flexibility index (Phi) is 46.0. The van der Waals surface area contributed by atoms with Crippen molar-refractivity contribution in [1.82, 2.24) is 0 Å². The summed E-state index contributed by atoms with van der Waals surface area (Å²) in [6, 6.07) is 0. The monoisotopic (exact) mass is 1070 g/mol. The molecule has 3 N–H and O–H groups in total. The van der Waals surface area contributed by atoms with Crippen molar-refractivity contribution in [1.29, 1.82) is 0 Å². The normalized spacial score (nSPS) is 19.2. The van der Waals surface area contributed by atoms with Gasteiger partial charge in [-0.05, 0) is 122 Å². The number of aliphatic hydroxyl groups excluding tert-OH is 2. The lowest BCUT2D eigenvalue weighted by atomic mass is 9.98. The fraction of sp³-hybridized carbons (Fsp3) is 0.538. The molecule has 0 saturated carbocycles. The van der Waals surface area contributed by atoms with Crippen molar-refractivity contribution in [3.8, 4) is 0 Å². The molecular formula is C65H96O12. The molecule has 77 heavy (non-hydrogen) atoms. The van der Waals surface area contributed by atoms with Crippen molar-refractivity contribution in [2.24, 2.45) is 0 Å². The van der Waals surface area contributed by atoms with Crippen LogP contribution in [0.4, 0.5) is 0 Å². The predicted octanol–water partition coefficient (Wildman–Crippen LogP) is 14.6. The van der Waals surface area contributed by atoms with Crippen LogP contribution in [0, 0.1) is 0 Å². The number of carboxylic acid groups (broad SMARTS) is 1. The molecule has 1 aliphatic rings. The molecule has 1 rings (SSSR count). The third-order valence-corrected chi connectivity index (χ3v) is 11.6. The molecule has 1 aliphatic heterocycles. The minimum absolute atomic E-state index is 0.00884. The molecule has 0 aromatic rings. The van der Waals surface area contributed by atoms with Crippen LogP contribution in [-0.4, -0.2) is 89.2 Å². The summed E-state index contributed by atoms with van der Waals surface area (Å²) in [5, 5.41) is 31.4. The number of carbonyl (C=O) groups excluding carboxylic acids is 3. The highest BCUT2D eigenvalue weighted by atomic mass is 16.7. The summed E-state index contributed by atoms with van der Waals surface area (Å²) < 4.78 is 28.2. The van der Waals surface area contributed by atoms with Gasteiger partial charge in [0.15, 0.2) is 24.6 Å². The van der Waals surface area contributed by atoms with E-state index in [1.165, 1.54) is 0 Å². The quantitative estimate of drug-likeness (QED) is 0.0228. The molecule has 428 valence electrons. The lowest BCUT2D eigenvalue weighted by Crippen LogP contribution is -2.61. The SMILES string of the molecule is CC/C=C\C/C=C\C/C=C\C/C=C\C/C=C\CCCC(=O)OCC(COC1OC(C(=O)O)C(O)C(O)C1OC(=O)CCCCCC/C=C\C/C=C\C/C=C\C/C=C\CC)OC(=O)CC/C=C\C/C=C\C/C=C\C/C=C\CC. The second-order valence-corrected chi connectivity index (χ2v) is 18.4. The second-order valence-electron chi connectivity index (χ2n) is 18.4. The zero-order valence-electron chi connectivity index (χ0n) is 46.9. The number of aliphatic hydroxyl groups is 2. The standard InChI is InChI=1S/C65H96O12/c1-4-7-10-13-16-19-22-25-27-29-31-34-36-39-42-45-48-51-57(66)73-54-56(75-58(67)52-49-46-43-40-37-33-24-21-18-15-12-9-6-3)55-74-65-63(61(70)60(69)62(77-65)64(71)72)76-59(68)53-50-47-44-41-38-35-32-30-28-26-23-20-17-14-11-8-5-2/h7-12,16-21,25-28,31-35,37,39,42-43,46,56,60-63,65,69-70H,4-6,13-15,22-24,29-30,36,38,40-41,44-45,47-55H2,1-3H3,(H,71,72)/b10-7-,11-8-,12-9-,19-16-,20-17-,21-18-,27-25-,28-26-,34-31-,35-32-,37-33-,42-39-,46-43-. The average Bonchev–Trinajstić information content (AvgIpc) is 3.42. The molecule has 1 saturated heterocycles. The Labute approximate surface area is 463 Å². The Morgan fingerprint density at radius 2 is 0.818 bits per heavy atom. The summed E-state index contributed by atoms with van der Waals surface area (Å²) in [5.74, 6) is -3.38. The molecule has 1 fully saturated rings. The van der Waals surface area contributed by atoms with Crippen molar-refractivity contribution < 1.29 is 58.2 Å². The van der Waals surface area contributed by atoms with Crippen LogP contribution >= 0.6 is 0 Å². The van der Waals surface area contributed by atoms with E-state index in [9.17, 15) is 34.5 Å². The summed E-state index contributed by atoms with van der Waals surface area (Å²) in [5.41, 5.74) is 0. The number of allylic oxidation sites excluding steroid dienone is 26. The van der Waals surface area contributed by atoms with Crippen LogP contribution < -0.4 is 0 Å². The van der Waals surface area contributed by atoms with Gasteiger partial charge in [-0.1, -0.05) is 192 Å². The van der Waals surface area contributed by atoms with Crippen LogP contribution in [0.3, 0.4) is 0 Å². The van der Waals surface area contributed by atoms with Gasteiger partial charge in [0.2, 0.25) is 0 Å². The van der Waals surface area contributed by atoms with Gasteiger partial charge in [0.05, 0.1) is 6.61 Å². The summed E-state index contributed by atoms with van der Waals surface area (Å²) in [6.45, 7) is 5.49. The molecule has 6 atom stereocenters. The first kappa shape index (κ1) is 69.4. The van der Waals surface area contributed by atoms with Gasteiger partial charge in [-0.3, -0.25) is 14.4 Å². The van der Waals surface area contributed by atoms with Crippen molar-refractivity contribution in [2.45, 2.75) is 212 Å². The van der Waals surface area contributed by atoms with E-state index in [0.29, 0.717) is 32.1 Å². The van der Waals surface area contributed by atoms with E-state index >= 15 is 0 Å². The third kappa shape index (κ3) is 41.2. The number of hydrogen-bond donors (Lipinski definition) is 3. The lowest BCUT2D eigenvalue weighted by molar-refractivity contribution is -0.301. The summed E-state index contributed by atoms with van der Waals surface area (Å²) in [4.78, 5) is 51.0. The predicted molar refractivity (Wildman–Crippen MR) is 312 cm³/mol. The van der Waals surface area contributed by atoms with E-state index in [2.05, 4.69) is 148 Å². The van der Waals surface area contributed by atoms with Crippen molar-refractivity contribution >= 4 is 23.9 Å². The first-order valence-corrected chi connectivity index (χ1v) is 28.5. The average molecular weight is 1070 g/mol. The Morgan fingerprint density at radius 1 is 0.429 bits per heavy atom. The Balaban J connectivity index is 2.80. The van der Waals surface area contributed by atoms with E-state index in [4.69, 9.17) is 23.7 Å². The van der Waals surface area contributed by atoms with E-state index in [-0.39, 0.29) is 25.9 Å². The fourth-order valence-electron chi connectivity index (χ4n) is 7.35. The highest BCUT2D eigenvalue weighted by Crippen LogP contribution is 2.26. The van der Waals surface area contributed by atoms with Crippen LogP contribution in [-0.2, 0) is 42.9 Å². The number of hydrogen-bond acceptors (Lipinski definition) is 11. The summed E-state index contributed by atoms with van der Waals surface area (Å²) in [7, 11) is 0. The van der Waals surface area contributed by atoms with Crippen LogP contribution in [0.1, 0.15) is 175 Å². The van der Waals surface area contributed by atoms with Gasteiger partial charge >= 0.3 is 23.9 Å². The van der Waals surface area contributed by atoms with E-state index in [1.54, 1.807) is 0 Å². The minimum atomic E-state index is -1.94. The van der Waals surface area contributed by atoms with Gasteiger partial charge in [0.25, 0.3) is 0 Å². The number of carbonyl (C=O) groups is 4. The Morgan fingerprint density at radius 3 is 1.26 bits per heavy atom. The highest BCUT2D eigenvalue weighted by Gasteiger charge is 2.50. The fourth-order valence-corrected chi connectivity index (χ4v) is 7.35. The number of rotatable bonds is 45. The molecule has 1 heterocycles. The maximum absolute atomic E-state index is 13.1. The van der Waals surface area contributed by atoms with E-state index in [0.717, 1.165) is 103 Å². The summed E-state index contributed by atoms with van der Waals surface area (Å²) in [6.07, 6.45) is 62.4. The van der Waals surface area contributed by atoms with Gasteiger partial charge in [-0.15, -0.1) is 0 Å². The summed E-state index contributed by atoms with van der Waals surface area (Å²) >= 11 is 0. The maximum Gasteiger partial charge on any atom is 0.335 e. The second kappa shape index (κ2) is 51.1. The number of carboxylic acids is 1. The van der Waals surface area contributed by atoms with Gasteiger partial charge < -0.3 is 39.0 Å². The smallest absolute Gasteiger partial charge is 0.335 e. The van der Waals surface area contributed by atoms with Crippen LogP contribution in [0.2, 0.25) is 0 Å². The molecule has 0 aromatic carbocycles. The maximum atomic E-state index is 13.1. The number of unbranched alkanes of at least 4 members (excludes halogenated alkanes) is 5. The first-order chi connectivity index (χ1) is 37.6. The zero-order chi connectivity index (χ0) is 56.1. The van der Waals surface area contributed by atoms with Gasteiger partial charge in [0, 0.05) is 19.3 Å². The van der Waals surface area contributed by atoms with Crippen LogP contribution in [0.5, 0.6) is 0 Å². The third-order valence-electron chi connectivity index (χ3n) is 11.6. The topological polar surface area (TPSA) is 175 Å². The molecule has 6 unspecified atom stereocenters. The molecule has 0 spiro atoms. The van der Waals surface area contributed by atoms with Crippen molar-refractivity contribution in [3.63, 3.8) is 0 Å². The molecule has 0 bridgehead atoms. The van der Waals surface area contributed by atoms with Gasteiger partial charge in [-0.2, -0.15) is 0 Å². The lowest BCUT2D eigenvalue weighted by Gasteiger charge is -2.40. The molecule has 0 aromatic heterocycles. The van der Waals surface area contributed by atoms with Crippen molar-refractivity contribution in [3.05, 3.63) is 158 Å². The van der Waals surface area contributed by atoms with Gasteiger partial charge in [0.1, 0.15) is 18.8 Å². The molecule has 12 nitrogen and oxygen atoms in total. The molecule has 0 radical (unpaired) electrons. The minimum Gasteiger partial charge on any atom is -0.479 e. The molecule has 0 amide bonds. The van der Waals surface area contributed by atoms with Crippen molar-refractivity contribution in [2.75, 3.05) is 13.2 Å². The Bertz CT molecular complexity index is 1940. The van der Waals surface area contributed by atoms with Gasteiger partial charge in [-0.25, -0.2) is 4.79 Å². The number of esters is 3. The Hall–Kier alpha value is -5.66. The number of aliphatic carboxylic acids is 1. The molecule has 12 heteroatoms. The highest BCUT2D eigenvalue weighted by molar-refractivity contribution is 5.74. The zero-order valence-corrected chi connectivity index (χ0v) is 46.9. The molecule has 0 aliphatic carbocycles. The molecular weight excluding hydrogens is 973 g/mol. The van der Waals surface area contributed by atoms with E-state index in [1.807, 2.05) is 30.4 Å². The van der Waals surface area contributed by atoms with E-state index < -0.39 is 67.3 Å². The van der Waals surface area contributed by atoms with Crippen LogP contribution in [0.25, 0.3) is 0 Å².